The highest BCUT2D eigenvalue weighted by atomic mass is 127. The maximum Gasteiger partial charge on any atom is 0.0530 e. The fourth-order valence-electron chi connectivity index (χ4n) is 1.81. The van der Waals surface area contributed by atoms with Gasteiger partial charge in [0.1, 0.15) is 0 Å². The van der Waals surface area contributed by atoms with Gasteiger partial charge in [0.05, 0.1) is 5.69 Å². The zero-order chi connectivity index (χ0) is 14.0. The molecule has 0 aliphatic heterocycles. The van der Waals surface area contributed by atoms with Crippen LogP contribution in [0.2, 0.25) is 0 Å². The number of anilines is 2. The van der Waals surface area contributed by atoms with Gasteiger partial charge in [0.15, 0.2) is 0 Å². The Hall–Kier alpha value is -0.300. The molecular weight excluding hydrogens is 460 g/mol. The SMILES string of the molecule is CC(C)(C)c1ccc(Nc2cccc(I)c2I)cc1. The van der Waals surface area contributed by atoms with Gasteiger partial charge in [-0.2, -0.15) is 0 Å². The molecule has 0 spiro atoms. The third-order valence-corrected chi connectivity index (χ3v) is 6.07. The Morgan fingerprint density at radius 2 is 1.53 bits per heavy atom. The van der Waals surface area contributed by atoms with Crippen molar-refractivity contribution >= 4 is 56.6 Å². The van der Waals surface area contributed by atoms with E-state index >= 15 is 0 Å². The standard InChI is InChI=1S/C16H17I2N/c1-16(2,3)11-7-9-12(10-8-11)19-14-6-4-5-13(17)15(14)18/h4-10,19H,1-3H3. The molecular formula is C16H17I2N. The maximum atomic E-state index is 3.48. The van der Waals surface area contributed by atoms with Gasteiger partial charge in [0, 0.05) is 12.8 Å². The summed E-state index contributed by atoms with van der Waals surface area (Å²) in [5.74, 6) is 0. The van der Waals surface area contributed by atoms with Crippen LogP contribution >= 0.6 is 45.2 Å². The first-order valence-electron chi connectivity index (χ1n) is 6.19. The van der Waals surface area contributed by atoms with Crippen molar-refractivity contribution < 1.29 is 0 Å². The van der Waals surface area contributed by atoms with E-state index in [1.165, 1.54) is 12.7 Å². The van der Waals surface area contributed by atoms with E-state index in [0.29, 0.717) is 0 Å². The molecule has 1 nitrogen and oxygen atoms in total. The van der Waals surface area contributed by atoms with Crippen molar-refractivity contribution in [2.45, 2.75) is 26.2 Å². The Kier molecular flexibility index (Phi) is 4.76. The molecule has 19 heavy (non-hydrogen) atoms. The summed E-state index contributed by atoms with van der Waals surface area (Å²) >= 11 is 4.74. The average Bonchev–Trinajstić information content (AvgIpc) is 2.35. The van der Waals surface area contributed by atoms with Crippen molar-refractivity contribution in [2.24, 2.45) is 0 Å². The summed E-state index contributed by atoms with van der Waals surface area (Å²) in [5.41, 5.74) is 3.86. The van der Waals surface area contributed by atoms with E-state index in [-0.39, 0.29) is 5.41 Å². The molecule has 0 amide bonds. The van der Waals surface area contributed by atoms with E-state index in [1.54, 1.807) is 0 Å². The number of benzene rings is 2. The molecule has 0 fully saturated rings. The molecule has 0 saturated heterocycles. The highest BCUT2D eigenvalue weighted by molar-refractivity contribution is 14.1. The predicted octanol–water partition coefficient (Wildman–Crippen LogP) is 5.94. The number of hydrogen-bond acceptors (Lipinski definition) is 1. The number of halogens is 2. The van der Waals surface area contributed by atoms with E-state index < -0.39 is 0 Å². The molecule has 0 radical (unpaired) electrons. The largest absolute Gasteiger partial charge is 0.355 e. The molecule has 1 N–H and O–H groups in total. The first kappa shape index (κ1) is 15.1. The summed E-state index contributed by atoms with van der Waals surface area (Å²) in [6.45, 7) is 6.70. The molecule has 3 heteroatoms. The first-order chi connectivity index (χ1) is 8.88. The van der Waals surface area contributed by atoms with Gasteiger partial charge in [0.2, 0.25) is 0 Å². The Balaban J connectivity index is 2.23. The van der Waals surface area contributed by atoms with Crippen LogP contribution in [0.4, 0.5) is 11.4 Å². The van der Waals surface area contributed by atoms with Gasteiger partial charge in [-0.1, -0.05) is 39.0 Å². The summed E-state index contributed by atoms with van der Waals surface area (Å²) in [7, 11) is 0. The zero-order valence-electron chi connectivity index (χ0n) is 11.3. The van der Waals surface area contributed by atoms with Crippen LogP contribution in [0.5, 0.6) is 0 Å². The predicted molar refractivity (Wildman–Crippen MR) is 100 cm³/mol. The van der Waals surface area contributed by atoms with Crippen LogP contribution in [0, 0.1) is 7.14 Å². The molecule has 2 aromatic rings. The third-order valence-electron chi connectivity index (χ3n) is 2.98. The number of rotatable bonds is 2. The molecule has 0 heterocycles. The lowest BCUT2D eigenvalue weighted by atomic mass is 9.87. The Bertz CT molecular complexity index is 568. The topological polar surface area (TPSA) is 12.0 Å². The first-order valence-corrected chi connectivity index (χ1v) is 8.35. The van der Waals surface area contributed by atoms with E-state index in [2.05, 4.69) is 114 Å². The summed E-state index contributed by atoms with van der Waals surface area (Å²) < 4.78 is 2.54. The normalized spacial score (nSPS) is 11.4. The van der Waals surface area contributed by atoms with Crippen molar-refractivity contribution in [3.8, 4) is 0 Å². The lowest BCUT2D eigenvalue weighted by molar-refractivity contribution is 0.590. The van der Waals surface area contributed by atoms with Gasteiger partial charge < -0.3 is 5.32 Å². The minimum absolute atomic E-state index is 0.203. The van der Waals surface area contributed by atoms with Crippen LogP contribution in [-0.2, 0) is 5.41 Å². The van der Waals surface area contributed by atoms with Crippen molar-refractivity contribution in [1.29, 1.82) is 0 Å². The summed E-state index contributed by atoms with van der Waals surface area (Å²) in [4.78, 5) is 0. The lowest BCUT2D eigenvalue weighted by Gasteiger charge is -2.19. The van der Waals surface area contributed by atoms with Crippen molar-refractivity contribution in [1.82, 2.24) is 0 Å². The van der Waals surface area contributed by atoms with Crippen LogP contribution in [-0.4, -0.2) is 0 Å². The van der Waals surface area contributed by atoms with Crippen LogP contribution in [0.3, 0.4) is 0 Å². The zero-order valence-corrected chi connectivity index (χ0v) is 15.6. The molecule has 0 unspecified atom stereocenters. The van der Waals surface area contributed by atoms with Crippen LogP contribution in [0.25, 0.3) is 0 Å². The van der Waals surface area contributed by atoms with Crippen LogP contribution in [0.15, 0.2) is 42.5 Å². The second-order valence-corrected chi connectivity index (χ2v) is 7.79. The van der Waals surface area contributed by atoms with Gasteiger partial charge in [-0.05, 0) is 80.4 Å². The molecule has 0 aliphatic rings. The van der Waals surface area contributed by atoms with E-state index in [0.717, 1.165) is 11.4 Å². The van der Waals surface area contributed by atoms with Crippen LogP contribution < -0.4 is 5.32 Å². The molecule has 2 aromatic carbocycles. The minimum atomic E-state index is 0.203. The smallest absolute Gasteiger partial charge is 0.0530 e. The highest BCUT2D eigenvalue weighted by Crippen LogP contribution is 2.28. The molecule has 0 saturated carbocycles. The van der Waals surface area contributed by atoms with Crippen molar-refractivity contribution in [3.05, 3.63) is 55.2 Å². The third kappa shape index (κ3) is 3.84. The number of hydrogen-bond donors (Lipinski definition) is 1. The lowest BCUT2D eigenvalue weighted by Crippen LogP contribution is -2.10. The van der Waals surface area contributed by atoms with E-state index in [4.69, 9.17) is 0 Å². The van der Waals surface area contributed by atoms with Gasteiger partial charge in [-0.15, -0.1) is 0 Å². The highest BCUT2D eigenvalue weighted by Gasteiger charge is 2.13. The molecule has 0 atom stereocenters. The fourth-order valence-corrected chi connectivity index (χ4v) is 2.80. The van der Waals surface area contributed by atoms with E-state index in [1.807, 2.05) is 0 Å². The average molecular weight is 477 g/mol. The number of nitrogens with one attached hydrogen (secondary N) is 1. The van der Waals surface area contributed by atoms with Crippen molar-refractivity contribution in [2.75, 3.05) is 5.32 Å². The second kappa shape index (κ2) is 5.99. The molecule has 0 bridgehead atoms. The van der Waals surface area contributed by atoms with Gasteiger partial charge in [-0.3, -0.25) is 0 Å². The van der Waals surface area contributed by atoms with Crippen LogP contribution in [0.1, 0.15) is 26.3 Å². The minimum Gasteiger partial charge on any atom is -0.355 e. The summed E-state index contributed by atoms with van der Waals surface area (Å²) in [6.07, 6.45) is 0. The fraction of sp³-hybridized carbons (Fsp3) is 0.250. The maximum absolute atomic E-state index is 3.48. The summed E-state index contributed by atoms with van der Waals surface area (Å²) in [5, 5.41) is 3.48. The second-order valence-electron chi connectivity index (χ2n) is 5.55. The Morgan fingerprint density at radius 1 is 0.895 bits per heavy atom. The van der Waals surface area contributed by atoms with Gasteiger partial charge in [-0.25, -0.2) is 0 Å². The molecule has 0 aliphatic carbocycles. The Labute approximate surface area is 142 Å². The summed E-state index contributed by atoms with van der Waals surface area (Å²) in [6, 6.07) is 15.0. The monoisotopic (exact) mass is 477 g/mol. The molecule has 0 aromatic heterocycles. The molecule has 2 rings (SSSR count). The quantitative estimate of drug-likeness (QED) is 0.529. The van der Waals surface area contributed by atoms with E-state index in [9.17, 15) is 0 Å². The van der Waals surface area contributed by atoms with Gasteiger partial charge in [0.25, 0.3) is 0 Å². The Morgan fingerprint density at radius 3 is 2.11 bits per heavy atom. The van der Waals surface area contributed by atoms with Crippen molar-refractivity contribution in [3.63, 3.8) is 0 Å². The van der Waals surface area contributed by atoms with Gasteiger partial charge >= 0.3 is 0 Å². The molecule has 100 valence electrons.